The molecular formula is C14H18FN3O. The van der Waals surface area contributed by atoms with Crippen LogP contribution < -0.4 is 5.32 Å². The van der Waals surface area contributed by atoms with E-state index in [2.05, 4.69) is 5.32 Å². The van der Waals surface area contributed by atoms with Crippen molar-refractivity contribution in [2.45, 2.75) is 20.3 Å². The number of carbonyl (C=O) groups excluding carboxylic acids is 1. The fourth-order valence-electron chi connectivity index (χ4n) is 1.64. The second-order valence-electron chi connectivity index (χ2n) is 4.69. The van der Waals surface area contributed by atoms with E-state index in [0.717, 1.165) is 0 Å². The van der Waals surface area contributed by atoms with Gasteiger partial charge >= 0.3 is 6.03 Å². The van der Waals surface area contributed by atoms with Crippen LogP contribution in [0.4, 0.5) is 14.9 Å². The van der Waals surface area contributed by atoms with Gasteiger partial charge in [-0.25, -0.2) is 9.18 Å². The van der Waals surface area contributed by atoms with Crippen LogP contribution in [0.15, 0.2) is 24.3 Å². The molecular weight excluding hydrogens is 245 g/mol. The minimum atomic E-state index is -0.346. The first-order valence-electron chi connectivity index (χ1n) is 6.21. The maximum Gasteiger partial charge on any atom is 0.321 e. The molecule has 19 heavy (non-hydrogen) atoms. The molecule has 0 spiro atoms. The van der Waals surface area contributed by atoms with Gasteiger partial charge in [0.15, 0.2) is 0 Å². The predicted molar refractivity (Wildman–Crippen MR) is 72.1 cm³/mol. The van der Waals surface area contributed by atoms with Crippen LogP contribution in [0.1, 0.15) is 20.3 Å². The molecule has 0 saturated carbocycles. The Bertz CT molecular complexity index is 451. The molecule has 0 fully saturated rings. The second-order valence-corrected chi connectivity index (χ2v) is 4.69. The SMILES string of the molecule is CC(C)CN(CCC#N)C(=O)Nc1ccc(F)cc1. The molecule has 0 radical (unpaired) electrons. The molecule has 4 nitrogen and oxygen atoms in total. The van der Waals surface area contributed by atoms with Crippen molar-refractivity contribution in [1.82, 2.24) is 4.90 Å². The lowest BCUT2D eigenvalue weighted by atomic mass is 10.2. The molecule has 0 saturated heterocycles. The number of amides is 2. The molecule has 0 aliphatic heterocycles. The van der Waals surface area contributed by atoms with Crippen molar-refractivity contribution in [2.24, 2.45) is 5.92 Å². The summed E-state index contributed by atoms with van der Waals surface area (Å²) in [4.78, 5) is 13.6. The van der Waals surface area contributed by atoms with E-state index >= 15 is 0 Å². The number of nitrogens with zero attached hydrogens (tertiary/aromatic N) is 2. The number of carbonyl (C=O) groups is 1. The van der Waals surface area contributed by atoms with Crippen molar-refractivity contribution < 1.29 is 9.18 Å². The van der Waals surface area contributed by atoms with Gasteiger partial charge < -0.3 is 10.2 Å². The summed E-state index contributed by atoms with van der Waals surface area (Å²) in [5.74, 6) is -0.0285. The van der Waals surface area contributed by atoms with Crippen molar-refractivity contribution in [3.05, 3.63) is 30.1 Å². The molecule has 0 aliphatic carbocycles. The van der Waals surface area contributed by atoms with E-state index in [4.69, 9.17) is 5.26 Å². The largest absolute Gasteiger partial charge is 0.323 e. The van der Waals surface area contributed by atoms with Gasteiger partial charge in [-0.15, -0.1) is 0 Å². The Labute approximate surface area is 112 Å². The normalized spacial score (nSPS) is 10.1. The number of anilines is 1. The third-order valence-electron chi connectivity index (χ3n) is 2.46. The van der Waals surface area contributed by atoms with Crippen molar-refractivity contribution in [1.29, 1.82) is 5.26 Å². The first kappa shape index (κ1) is 15.0. The van der Waals surface area contributed by atoms with Crippen molar-refractivity contribution in [3.63, 3.8) is 0 Å². The maximum absolute atomic E-state index is 12.8. The smallest absolute Gasteiger partial charge is 0.321 e. The number of nitrogens with one attached hydrogen (secondary N) is 1. The van der Waals surface area contributed by atoms with E-state index < -0.39 is 0 Å². The second kappa shape index (κ2) is 7.37. The molecule has 0 unspecified atom stereocenters. The Hall–Kier alpha value is -2.09. The van der Waals surface area contributed by atoms with Crippen LogP contribution in [0.25, 0.3) is 0 Å². The van der Waals surface area contributed by atoms with Gasteiger partial charge in [-0.3, -0.25) is 0 Å². The Balaban J connectivity index is 2.65. The van der Waals surface area contributed by atoms with Gasteiger partial charge in [0.25, 0.3) is 0 Å². The lowest BCUT2D eigenvalue weighted by Crippen LogP contribution is -2.38. The van der Waals surface area contributed by atoms with E-state index in [9.17, 15) is 9.18 Å². The number of halogens is 1. The van der Waals surface area contributed by atoms with Crippen LogP contribution in [0.5, 0.6) is 0 Å². The Morgan fingerprint density at radius 2 is 2.05 bits per heavy atom. The quantitative estimate of drug-likeness (QED) is 0.886. The highest BCUT2D eigenvalue weighted by atomic mass is 19.1. The molecule has 1 N–H and O–H groups in total. The molecule has 0 aromatic heterocycles. The molecule has 102 valence electrons. The van der Waals surface area contributed by atoms with Gasteiger partial charge in [0.1, 0.15) is 5.82 Å². The Kier molecular flexibility index (Phi) is 5.80. The lowest BCUT2D eigenvalue weighted by Gasteiger charge is -2.23. The van der Waals surface area contributed by atoms with Gasteiger partial charge in [-0.2, -0.15) is 5.26 Å². The number of nitriles is 1. The number of benzene rings is 1. The highest BCUT2D eigenvalue weighted by Gasteiger charge is 2.14. The van der Waals surface area contributed by atoms with Crippen LogP contribution >= 0.6 is 0 Å². The van der Waals surface area contributed by atoms with Gasteiger partial charge in [0.2, 0.25) is 0 Å². The van der Waals surface area contributed by atoms with E-state index in [1.807, 2.05) is 19.9 Å². The van der Waals surface area contributed by atoms with Crippen molar-refractivity contribution in [2.75, 3.05) is 18.4 Å². The highest BCUT2D eigenvalue weighted by molar-refractivity contribution is 5.89. The van der Waals surface area contributed by atoms with Crippen LogP contribution in [-0.2, 0) is 0 Å². The predicted octanol–water partition coefficient (Wildman–Crippen LogP) is 3.23. The third-order valence-corrected chi connectivity index (χ3v) is 2.46. The first-order valence-corrected chi connectivity index (χ1v) is 6.21. The highest BCUT2D eigenvalue weighted by Crippen LogP contribution is 2.10. The number of rotatable bonds is 5. The lowest BCUT2D eigenvalue weighted by molar-refractivity contribution is 0.206. The summed E-state index contributed by atoms with van der Waals surface area (Å²) < 4.78 is 12.8. The Morgan fingerprint density at radius 3 is 2.58 bits per heavy atom. The van der Waals surface area contributed by atoms with Crippen LogP contribution in [0, 0.1) is 23.1 Å². The molecule has 1 aromatic rings. The summed E-state index contributed by atoms with van der Waals surface area (Å²) in [7, 11) is 0. The van der Waals surface area contributed by atoms with Crippen LogP contribution in [0.3, 0.4) is 0 Å². The zero-order valence-corrected chi connectivity index (χ0v) is 11.2. The first-order chi connectivity index (χ1) is 9.02. The van der Waals surface area contributed by atoms with E-state index in [0.29, 0.717) is 31.1 Å². The maximum atomic E-state index is 12.8. The monoisotopic (exact) mass is 263 g/mol. The summed E-state index contributed by atoms with van der Waals surface area (Å²) >= 11 is 0. The number of hydrogen-bond donors (Lipinski definition) is 1. The minimum absolute atomic E-state index is 0.268. The average Bonchev–Trinajstić information content (AvgIpc) is 2.36. The standard InChI is InChI=1S/C14H18FN3O/c1-11(2)10-18(9-3-8-16)14(19)17-13-6-4-12(15)5-7-13/h4-7,11H,3,9-10H2,1-2H3,(H,17,19). The molecule has 2 amide bonds. The fraction of sp³-hybridized carbons (Fsp3) is 0.429. The zero-order chi connectivity index (χ0) is 14.3. The van der Waals surface area contributed by atoms with Crippen LogP contribution in [0.2, 0.25) is 0 Å². The molecule has 0 bridgehead atoms. The fourth-order valence-corrected chi connectivity index (χ4v) is 1.64. The number of urea groups is 1. The average molecular weight is 263 g/mol. The van der Waals surface area contributed by atoms with Crippen molar-refractivity contribution >= 4 is 11.7 Å². The van der Waals surface area contributed by atoms with Crippen molar-refractivity contribution in [3.8, 4) is 6.07 Å². The zero-order valence-electron chi connectivity index (χ0n) is 11.2. The number of hydrogen-bond acceptors (Lipinski definition) is 2. The van der Waals surface area contributed by atoms with Gasteiger partial charge in [0, 0.05) is 18.8 Å². The molecule has 0 atom stereocenters. The van der Waals surface area contributed by atoms with Gasteiger partial charge in [-0.1, -0.05) is 13.8 Å². The molecule has 0 heterocycles. The third kappa shape index (κ3) is 5.38. The van der Waals surface area contributed by atoms with Gasteiger partial charge in [0.05, 0.1) is 12.5 Å². The summed E-state index contributed by atoms with van der Waals surface area (Å²) in [5, 5.41) is 11.3. The van der Waals surface area contributed by atoms with Gasteiger partial charge in [-0.05, 0) is 30.2 Å². The van der Waals surface area contributed by atoms with Crippen LogP contribution in [-0.4, -0.2) is 24.0 Å². The van der Waals surface area contributed by atoms with E-state index in [1.165, 1.54) is 24.3 Å². The van der Waals surface area contributed by atoms with E-state index in [-0.39, 0.29) is 11.8 Å². The summed E-state index contributed by atoms with van der Waals surface area (Å²) in [6.07, 6.45) is 0.295. The summed E-state index contributed by atoms with van der Waals surface area (Å²) in [5.41, 5.74) is 0.539. The Morgan fingerprint density at radius 1 is 1.42 bits per heavy atom. The topological polar surface area (TPSA) is 56.1 Å². The minimum Gasteiger partial charge on any atom is -0.323 e. The molecule has 5 heteroatoms. The molecule has 1 aromatic carbocycles. The summed E-state index contributed by atoms with van der Waals surface area (Å²) in [6, 6.07) is 7.35. The molecule has 1 rings (SSSR count). The summed E-state index contributed by atoms with van der Waals surface area (Å²) in [6.45, 7) is 4.98. The molecule has 0 aliphatic rings. The van der Waals surface area contributed by atoms with E-state index in [1.54, 1.807) is 4.90 Å².